The van der Waals surface area contributed by atoms with E-state index >= 15 is 0 Å². The Bertz CT molecular complexity index is 343. The van der Waals surface area contributed by atoms with Crippen molar-refractivity contribution in [3.05, 3.63) is 18.1 Å². The molecule has 0 spiro atoms. The predicted octanol–water partition coefficient (Wildman–Crippen LogP) is 0.132. The molecule has 74 valence electrons. The molecule has 0 bridgehead atoms. The first-order chi connectivity index (χ1) is 6.69. The van der Waals surface area contributed by atoms with E-state index in [9.17, 15) is 0 Å². The van der Waals surface area contributed by atoms with Crippen molar-refractivity contribution in [1.82, 2.24) is 9.97 Å². The Kier molecular flexibility index (Phi) is 3.37. The van der Waals surface area contributed by atoms with Gasteiger partial charge in [-0.2, -0.15) is 5.26 Å². The third-order valence-electron chi connectivity index (χ3n) is 2.10. The second kappa shape index (κ2) is 4.53. The van der Waals surface area contributed by atoms with Gasteiger partial charge in [0.05, 0.1) is 0 Å². The number of anilines is 1. The van der Waals surface area contributed by atoms with E-state index in [0.717, 1.165) is 5.82 Å². The molecule has 2 N–H and O–H groups in total. The first kappa shape index (κ1) is 10.4. The maximum absolute atomic E-state index is 8.62. The van der Waals surface area contributed by atoms with E-state index in [1.807, 2.05) is 24.9 Å². The molecule has 14 heavy (non-hydrogen) atoms. The third kappa shape index (κ3) is 2.18. The highest BCUT2D eigenvalue weighted by Gasteiger charge is 2.09. The summed E-state index contributed by atoms with van der Waals surface area (Å²) in [6.45, 7) is 2.54. The normalized spacial score (nSPS) is 11.9. The van der Waals surface area contributed by atoms with Crippen molar-refractivity contribution in [2.24, 2.45) is 5.73 Å². The highest BCUT2D eigenvalue weighted by Crippen LogP contribution is 2.09. The lowest BCUT2D eigenvalue weighted by molar-refractivity contribution is 0.686. The van der Waals surface area contributed by atoms with E-state index in [1.54, 1.807) is 12.3 Å². The Morgan fingerprint density at radius 1 is 1.71 bits per heavy atom. The molecule has 0 amide bonds. The first-order valence-corrected chi connectivity index (χ1v) is 4.35. The number of rotatable bonds is 3. The number of hydrogen-bond acceptors (Lipinski definition) is 5. The average Bonchev–Trinajstić information content (AvgIpc) is 2.27. The molecule has 0 fully saturated rings. The summed E-state index contributed by atoms with van der Waals surface area (Å²) in [7, 11) is 1.89. The summed E-state index contributed by atoms with van der Waals surface area (Å²) < 4.78 is 0. The summed E-state index contributed by atoms with van der Waals surface area (Å²) in [5.74, 6) is 0.896. The van der Waals surface area contributed by atoms with Gasteiger partial charge in [0.2, 0.25) is 5.82 Å². The lowest BCUT2D eigenvalue weighted by Gasteiger charge is -2.24. The van der Waals surface area contributed by atoms with Crippen LogP contribution in [0.5, 0.6) is 0 Å². The molecule has 0 saturated heterocycles. The second-order valence-electron chi connectivity index (χ2n) is 3.05. The number of nitrogens with two attached hydrogens (primary N) is 1. The Balaban J connectivity index is 2.91. The molecule has 1 unspecified atom stereocenters. The van der Waals surface area contributed by atoms with Crippen molar-refractivity contribution in [3.8, 4) is 6.07 Å². The van der Waals surface area contributed by atoms with Crippen molar-refractivity contribution in [1.29, 1.82) is 5.26 Å². The quantitative estimate of drug-likeness (QED) is 0.734. The average molecular weight is 191 g/mol. The summed E-state index contributed by atoms with van der Waals surface area (Å²) >= 11 is 0. The Labute approximate surface area is 83.2 Å². The van der Waals surface area contributed by atoms with Gasteiger partial charge in [-0.15, -0.1) is 0 Å². The van der Waals surface area contributed by atoms with Gasteiger partial charge in [-0.3, -0.25) is 0 Å². The maximum atomic E-state index is 8.62. The zero-order chi connectivity index (χ0) is 10.6. The number of nitrogens with zero attached hydrogens (tertiary/aromatic N) is 4. The molecule has 0 aromatic carbocycles. The van der Waals surface area contributed by atoms with E-state index in [0.29, 0.717) is 6.54 Å². The summed E-state index contributed by atoms with van der Waals surface area (Å²) in [6, 6.07) is 3.85. The van der Waals surface area contributed by atoms with Gasteiger partial charge in [0.1, 0.15) is 11.9 Å². The van der Waals surface area contributed by atoms with Gasteiger partial charge in [0.25, 0.3) is 0 Å². The molecule has 0 aliphatic carbocycles. The van der Waals surface area contributed by atoms with Crippen LogP contribution in [0.1, 0.15) is 12.7 Å². The van der Waals surface area contributed by atoms with Crippen LogP contribution < -0.4 is 10.6 Å². The molecule has 1 atom stereocenters. The minimum Gasteiger partial charge on any atom is -0.356 e. The van der Waals surface area contributed by atoms with Gasteiger partial charge in [-0.25, -0.2) is 9.97 Å². The van der Waals surface area contributed by atoms with E-state index in [4.69, 9.17) is 11.0 Å². The summed E-state index contributed by atoms with van der Waals surface area (Å²) in [4.78, 5) is 9.77. The predicted molar refractivity (Wildman–Crippen MR) is 53.7 cm³/mol. The molecule has 0 radical (unpaired) electrons. The molecular weight excluding hydrogens is 178 g/mol. The van der Waals surface area contributed by atoms with Crippen LogP contribution in [0, 0.1) is 11.3 Å². The van der Waals surface area contributed by atoms with Gasteiger partial charge < -0.3 is 10.6 Å². The lowest BCUT2D eigenvalue weighted by Crippen LogP contribution is -2.35. The van der Waals surface area contributed by atoms with Crippen molar-refractivity contribution in [2.45, 2.75) is 13.0 Å². The molecular formula is C9H13N5. The number of aromatic nitrogens is 2. The molecule has 1 heterocycles. The number of likely N-dealkylation sites (N-methyl/N-ethyl adjacent to an activating group) is 1. The molecule has 0 aliphatic rings. The van der Waals surface area contributed by atoms with Crippen LogP contribution in [-0.4, -0.2) is 29.6 Å². The van der Waals surface area contributed by atoms with Gasteiger partial charge in [0.15, 0.2) is 0 Å². The summed E-state index contributed by atoms with van der Waals surface area (Å²) in [5, 5.41) is 8.62. The first-order valence-electron chi connectivity index (χ1n) is 4.35. The fourth-order valence-electron chi connectivity index (χ4n) is 0.983. The fraction of sp³-hybridized carbons (Fsp3) is 0.444. The Morgan fingerprint density at radius 3 is 3.00 bits per heavy atom. The van der Waals surface area contributed by atoms with Gasteiger partial charge in [-0.05, 0) is 13.0 Å². The Hall–Kier alpha value is -1.67. The molecule has 0 saturated carbocycles. The van der Waals surface area contributed by atoms with Crippen LogP contribution in [0.3, 0.4) is 0 Å². The van der Waals surface area contributed by atoms with Gasteiger partial charge >= 0.3 is 0 Å². The molecule has 5 nitrogen and oxygen atoms in total. The van der Waals surface area contributed by atoms with Crippen LogP contribution in [-0.2, 0) is 0 Å². The minimum absolute atomic E-state index is 0.179. The van der Waals surface area contributed by atoms with Crippen molar-refractivity contribution < 1.29 is 0 Å². The molecule has 1 aromatic heterocycles. The molecule has 1 rings (SSSR count). The van der Waals surface area contributed by atoms with E-state index in [2.05, 4.69) is 9.97 Å². The fourth-order valence-corrected chi connectivity index (χ4v) is 0.983. The smallest absolute Gasteiger partial charge is 0.234 e. The number of nitriles is 1. The zero-order valence-corrected chi connectivity index (χ0v) is 8.31. The molecule has 5 heteroatoms. The van der Waals surface area contributed by atoms with Crippen molar-refractivity contribution in [2.75, 3.05) is 18.5 Å². The van der Waals surface area contributed by atoms with Gasteiger partial charge in [0, 0.05) is 25.8 Å². The van der Waals surface area contributed by atoms with Crippen LogP contribution in [0.25, 0.3) is 0 Å². The van der Waals surface area contributed by atoms with Crippen LogP contribution >= 0.6 is 0 Å². The third-order valence-corrected chi connectivity index (χ3v) is 2.10. The number of hydrogen-bond donors (Lipinski definition) is 1. The van der Waals surface area contributed by atoms with Crippen molar-refractivity contribution >= 4 is 5.82 Å². The SMILES string of the molecule is CC(CN)N(C)c1ccnc(C#N)n1. The van der Waals surface area contributed by atoms with Crippen LogP contribution in [0.2, 0.25) is 0 Å². The van der Waals surface area contributed by atoms with E-state index in [-0.39, 0.29) is 11.9 Å². The van der Waals surface area contributed by atoms with E-state index in [1.165, 1.54) is 0 Å². The topological polar surface area (TPSA) is 78.8 Å². The standard InChI is InChI=1S/C9H13N5/c1-7(5-10)14(2)9-3-4-12-8(6-11)13-9/h3-4,7H,5,10H2,1-2H3. The van der Waals surface area contributed by atoms with Crippen LogP contribution in [0.4, 0.5) is 5.82 Å². The monoisotopic (exact) mass is 191 g/mol. The summed E-state index contributed by atoms with van der Waals surface area (Å²) in [6.07, 6.45) is 1.57. The molecule has 0 aliphatic heterocycles. The van der Waals surface area contributed by atoms with Crippen molar-refractivity contribution in [3.63, 3.8) is 0 Å². The lowest BCUT2D eigenvalue weighted by atomic mass is 10.3. The Morgan fingerprint density at radius 2 is 2.43 bits per heavy atom. The molecule has 1 aromatic rings. The highest BCUT2D eigenvalue weighted by molar-refractivity contribution is 5.38. The minimum atomic E-state index is 0.179. The maximum Gasteiger partial charge on any atom is 0.234 e. The largest absolute Gasteiger partial charge is 0.356 e. The highest BCUT2D eigenvalue weighted by atomic mass is 15.2. The second-order valence-corrected chi connectivity index (χ2v) is 3.05. The van der Waals surface area contributed by atoms with Crippen LogP contribution in [0.15, 0.2) is 12.3 Å². The van der Waals surface area contributed by atoms with E-state index < -0.39 is 0 Å². The summed E-state index contributed by atoms with van der Waals surface area (Å²) in [5.41, 5.74) is 5.53. The zero-order valence-electron chi connectivity index (χ0n) is 8.31. The van der Waals surface area contributed by atoms with Gasteiger partial charge in [-0.1, -0.05) is 0 Å².